The van der Waals surface area contributed by atoms with Crippen LogP contribution in [-0.2, 0) is 15.5 Å². The molecule has 0 spiro atoms. The summed E-state index contributed by atoms with van der Waals surface area (Å²) in [6.07, 6.45) is 2.86. The zero-order chi connectivity index (χ0) is 12.5. The monoisotopic (exact) mass is 272 g/mol. The van der Waals surface area contributed by atoms with Gasteiger partial charge < -0.3 is 4.52 Å². The molecule has 4 nitrogen and oxygen atoms in total. The van der Waals surface area contributed by atoms with E-state index in [0.717, 1.165) is 23.4 Å². The molecule has 0 N–H and O–H groups in total. The summed E-state index contributed by atoms with van der Waals surface area (Å²) >= 11 is 1.01. The summed E-state index contributed by atoms with van der Waals surface area (Å²) in [5.74, 6) is 0.406. The van der Waals surface area contributed by atoms with E-state index in [1.807, 2.05) is 6.07 Å². The summed E-state index contributed by atoms with van der Waals surface area (Å²) < 4.78 is 22.3. The highest BCUT2D eigenvalue weighted by Gasteiger charge is 2.29. The number of Topliss-reactive ketones (excluding diaryl/α,β-unsaturated/α-hetero) is 1. The Labute approximate surface area is 104 Å². The van der Waals surface area contributed by atoms with Gasteiger partial charge in [0.15, 0.2) is 5.78 Å². The maximum absolute atomic E-state index is 12.0. The maximum atomic E-state index is 12.0. The predicted octanol–water partition coefficient (Wildman–Crippen LogP) is 3.31. The molecule has 0 saturated heterocycles. The van der Waals surface area contributed by atoms with E-state index in [1.54, 1.807) is 18.4 Å². The summed E-state index contributed by atoms with van der Waals surface area (Å²) in [6, 6.07) is 5.35. The number of aryl methyl sites for hydroxylation is 1. The van der Waals surface area contributed by atoms with E-state index in [4.69, 9.17) is 9.05 Å². The van der Waals surface area contributed by atoms with Crippen molar-refractivity contribution < 1.29 is 18.4 Å². The molecule has 6 heteroatoms. The van der Waals surface area contributed by atoms with Gasteiger partial charge in [0, 0.05) is 13.5 Å². The Morgan fingerprint density at radius 1 is 1.35 bits per heavy atom. The molecule has 92 valence electrons. The first-order valence-corrected chi connectivity index (χ1v) is 8.53. The highest BCUT2D eigenvalue weighted by atomic mass is 32.7. The summed E-state index contributed by atoms with van der Waals surface area (Å²) in [7, 11) is 1.34. The van der Waals surface area contributed by atoms with Crippen molar-refractivity contribution >= 4 is 24.0 Å². The molecule has 0 saturated carbocycles. The minimum Gasteiger partial charge on any atom is -0.416 e. The highest BCUT2D eigenvalue weighted by molar-refractivity contribution is 8.54. The molecule has 0 radical (unpaired) electrons. The van der Waals surface area contributed by atoms with Crippen LogP contribution in [0.4, 0.5) is 0 Å². The number of rotatable bonds is 4. The second kappa shape index (κ2) is 4.84. The molecule has 1 aliphatic carbocycles. The molecule has 0 amide bonds. The first-order valence-electron chi connectivity index (χ1n) is 5.16. The Hall–Kier alpha value is -0.770. The van der Waals surface area contributed by atoms with Gasteiger partial charge in [-0.2, -0.15) is 0 Å². The molecule has 0 heterocycles. The Kier molecular flexibility index (Phi) is 3.61. The molecule has 0 bridgehead atoms. The lowest BCUT2D eigenvalue weighted by atomic mass is 10.1. The van der Waals surface area contributed by atoms with E-state index < -0.39 is 6.80 Å². The van der Waals surface area contributed by atoms with Gasteiger partial charge in [-0.05, 0) is 35.7 Å². The fourth-order valence-corrected chi connectivity index (χ4v) is 3.42. The van der Waals surface area contributed by atoms with Crippen LogP contribution in [0.25, 0.3) is 0 Å². The van der Waals surface area contributed by atoms with Gasteiger partial charge in [-0.15, -0.1) is 0 Å². The second-order valence-electron chi connectivity index (χ2n) is 3.62. The van der Waals surface area contributed by atoms with E-state index in [1.165, 1.54) is 7.11 Å². The minimum atomic E-state index is -3.20. The second-order valence-corrected chi connectivity index (χ2v) is 7.86. The van der Waals surface area contributed by atoms with Crippen molar-refractivity contribution in [3.63, 3.8) is 0 Å². The fourth-order valence-electron chi connectivity index (χ4n) is 1.82. The van der Waals surface area contributed by atoms with Gasteiger partial charge in [0.05, 0.1) is 5.56 Å². The van der Waals surface area contributed by atoms with Crippen LogP contribution in [0.1, 0.15) is 22.3 Å². The lowest BCUT2D eigenvalue weighted by molar-refractivity contribution is 0.0993. The van der Waals surface area contributed by atoms with E-state index >= 15 is 0 Å². The summed E-state index contributed by atoms with van der Waals surface area (Å²) in [5.41, 5.74) is 1.51. The van der Waals surface area contributed by atoms with Crippen molar-refractivity contribution in [2.45, 2.75) is 12.8 Å². The molecular weight excluding hydrogens is 259 g/mol. The summed E-state index contributed by atoms with van der Waals surface area (Å²) in [5, 5.41) is 0. The molecule has 0 aromatic heterocycles. The predicted molar refractivity (Wildman–Crippen MR) is 67.9 cm³/mol. The van der Waals surface area contributed by atoms with Crippen molar-refractivity contribution in [1.29, 1.82) is 0 Å². The Balaban J connectivity index is 2.38. The molecule has 0 fully saturated rings. The molecule has 1 atom stereocenters. The SMILES string of the molecule is COP(=O)(Oc1cccc2c1C(=O)CC2)SC. The third kappa shape index (κ3) is 2.41. The number of ketones is 1. The van der Waals surface area contributed by atoms with Crippen molar-refractivity contribution in [3.05, 3.63) is 29.3 Å². The maximum Gasteiger partial charge on any atom is 0.439 e. The average molecular weight is 272 g/mol. The van der Waals surface area contributed by atoms with Gasteiger partial charge in [-0.3, -0.25) is 9.32 Å². The van der Waals surface area contributed by atoms with Crippen LogP contribution in [0.2, 0.25) is 0 Å². The normalized spacial score (nSPS) is 17.6. The first kappa shape index (κ1) is 12.7. The van der Waals surface area contributed by atoms with Gasteiger partial charge in [0.2, 0.25) is 0 Å². The molecular formula is C11H13O4PS. The molecule has 2 rings (SSSR count). The van der Waals surface area contributed by atoms with Crippen LogP contribution in [0, 0.1) is 0 Å². The van der Waals surface area contributed by atoms with E-state index in [0.29, 0.717) is 17.7 Å². The first-order chi connectivity index (χ1) is 8.09. The summed E-state index contributed by atoms with van der Waals surface area (Å²) in [4.78, 5) is 11.7. The largest absolute Gasteiger partial charge is 0.439 e. The van der Waals surface area contributed by atoms with E-state index in [-0.39, 0.29) is 5.78 Å². The van der Waals surface area contributed by atoms with Crippen molar-refractivity contribution in [3.8, 4) is 5.75 Å². The lowest BCUT2D eigenvalue weighted by Gasteiger charge is -2.16. The minimum absolute atomic E-state index is 0.0411. The van der Waals surface area contributed by atoms with Crippen LogP contribution < -0.4 is 4.52 Å². The molecule has 1 aromatic rings. The van der Waals surface area contributed by atoms with Crippen LogP contribution in [-0.4, -0.2) is 19.1 Å². The van der Waals surface area contributed by atoms with Crippen LogP contribution in [0.3, 0.4) is 0 Å². The molecule has 1 aromatic carbocycles. The quantitative estimate of drug-likeness (QED) is 0.787. The molecule has 17 heavy (non-hydrogen) atoms. The Morgan fingerprint density at radius 2 is 2.12 bits per heavy atom. The molecule has 1 unspecified atom stereocenters. The van der Waals surface area contributed by atoms with Gasteiger partial charge >= 0.3 is 6.80 Å². The Morgan fingerprint density at radius 3 is 2.76 bits per heavy atom. The Bertz CT molecular complexity index is 492. The zero-order valence-corrected chi connectivity index (χ0v) is 11.3. The molecule has 0 aliphatic heterocycles. The van der Waals surface area contributed by atoms with Crippen molar-refractivity contribution in [1.82, 2.24) is 0 Å². The third-order valence-corrected chi connectivity index (χ3v) is 6.00. The standard InChI is InChI=1S/C11H13O4PS/c1-14-16(13,17-2)15-10-5-3-4-8-6-7-9(12)11(8)10/h3-5H,6-7H2,1-2H3. The number of carbonyl (C=O) groups is 1. The summed E-state index contributed by atoms with van der Waals surface area (Å²) in [6.45, 7) is -3.20. The van der Waals surface area contributed by atoms with Crippen LogP contribution in [0.5, 0.6) is 5.75 Å². The van der Waals surface area contributed by atoms with Crippen LogP contribution >= 0.6 is 18.2 Å². The van der Waals surface area contributed by atoms with Gasteiger partial charge in [0.25, 0.3) is 0 Å². The van der Waals surface area contributed by atoms with Crippen molar-refractivity contribution in [2.75, 3.05) is 13.4 Å². The highest BCUT2D eigenvalue weighted by Crippen LogP contribution is 2.58. The van der Waals surface area contributed by atoms with E-state index in [2.05, 4.69) is 0 Å². The number of hydrogen-bond donors (Lipinski definition) is 0. The lowest BCUT2D eigenvalue weighted by Crippen LogP contribution is -1.99. The van der Waals surface area contributed by atoms with Crippen LogP contribution in [0.15, 0.2) is 18.2 Å². The van der Waals surface area contributed by atoms with Gasteiger partial charge in [-0.1, -0.05) is 12.1 Å². The number of benzene rings is 1. The van der Waals surface area contributed by atoms with Gasteiger partial charge in [-0.25, -0.2) is 4.57 Å². The van der Waals surface area contributed by atoms with E-state index in [9.17, 15) is 9.36 Å². The molecule has 1 aliphatic rings. The average Bonchev–Trinajstić information content (AvgIpc) is 2.72. The number of fused-ring (bicyclic) bond motifs is 1. The number of hydrogen-bond acceptors (Lipinski definition) is 5. The third-order valence-electron chi connectivity index (χ3n) is 2.67. The zero-order valence-electron chi connectivity index (χ0n) is 9.63. The number of carbonyl (C=O) groups excluding carboxylic acids is 1. The van der Waals surface area contributed by atoms with Gasteiger partial charge in [0.1, 0.15) is 5.75 Å². The van der Waals surface area contributed by atoms with Crippen molar-refractivity contribution in [2.24, 2.45) is 0 Å². The topological polar surface area (TPSA) is 52.6 Å². The fraction of sp³-hybridized carbons (Fsp3) is 0.364. The smallest absolute Gasteiger partial charge is 0.416 e.